The van der Waals surface area contributed by atoms with Crippen molar-refractivity contribution in [1.82, 2.24) is 9.80 Å². The van der Waals surface area contributed by atoms with E-state index in [-0.39, 0.29) is 0 Å². The van der Waals surface area contributed by atoms with Crippen LogP contribution in [0, 0.1) is 5.41 Å². The molecule has 0 amide bonds. The van der Waals surface area contributed by atoms with Crippen LogP contribution in [0.25, 0.3) is 0 Å². The number of ether oxygens (including phenoxy) is 2. The van der Waals surface area contributed by atoms with Crippen LogP contribution in [0.2, 0.25) is 0 Å². The van der Waals surface area contributed by atoms with E-state index in [1.165, 1.54) is 17.5 Å². The van der Waals surface area contributed by atoms with Crippen LogP contribution in [0.5, 0.6) is 11.5 Å². The van der Waals surface area contributed by atoms with E-state index in [4.69, 9.17) is 9.47 Å². The van der Waals surface area contributed by atoms with Gasteiger partial charge in [0.15, 0.2) is 11.5 Å². The zero-order valence-corrected chi connectivity index (χ0v) is 16.1. The number of rotatable bonds is 3. The van der Waals surface area contributed by atoms with Crippen molar-refractivity contribution >= 4 is 0 Å². The van der Waals surface area contributed by atoms with Crippen LogP contribution in [0.15, 0.2) is 12.1 Å². The van der Waals surface area contributed by atoms with Gasteiger partial charge in [-0.15, -0.1) is 0 Å². The third kappa shape index (κ3) is 3.40. The molecule has 24 heavy (non-hydrogen) atoms. The number of nitrogens with zero attached hydrogens (tertiary/aromatic N) is 2. The molecule has 134 valence electrons. The van der Waals surface area contributed by atoms with Crippen molar-refractivity contribution in [3.8, 4) is 11.5 Å². The molecule has 4 heteroatoms. The average Bonchev–Trinajstić information content (AvgIpc) is 2.53. The largest absolute Gasteiger partial charge is 0.493 e. The van der Waals surface area contributed by atoms with Crippen LogP contribution in [-0.2, 0) is 6.42 Å². The molecule has 2 aliphatic heterocycles. The van der Waals surface area contributed by atoms with E-state index in [2.05, 4.69) is 49.8 Å². The van der Waals surface area contributed by atoms with Crippen molar-refractivity contribution < 1.29 is 9.47 Å². The summed E-state index contributed by atoms with van der Waals surface area (Å²) in [5.41, 5.74) is 3.20. The lowest BCUT2D eigenvalue weighted by Crippen LogP contribution is -2.55. The van der Waals surface area contributed by atoms with Crippen LogP contribution in [0.3, 0.4) is 0 Å². The monoisotopic (exact) mass is 332 g/mol. The first kappa shape index (κ1) is 17.6. The fourth-order valence-electron chi connectivity index (χ4n) is 4.27. The Hall–Kier alpha value is -1.26. The maximum absolute atomic E-state index is 5.54. The van der Waals surface area contributed by atoms with Crippen molar-refractivity contribution in [3.63, 3.8) is 0 Å². The Morgan fingerprint density at radius 3 is 2.38 bits per heavy atom. The van der Waals surface area contributed by atoms with Gasteiger partial charge in [0, 0.05) is 31.7 Å². The Kier molecular flexibility index (Phi) is 4.80. The van der Waals surface area contributed by atoms with Crippen LogP contribution in [0.1, 0.15) is 44.4 Å². The number of fused-ring (bicyclic) bond motifs is 3. The quantitative estimate of drug-likeness (QED) is 0.847. The summed E-state index contributed by atoms with van der Waals surface area (Å²) in [4.78, 5) is 5.23. The van der Waals surface area contributed by atoms with E-state index >= 15 is 0 Å². The number of benzene rings is 1. The van der Waals surface area contributed by atoms with Gasteiger partial charge in [-0.1, -0.05) is 20.8 Å². The molecular weight excluding hydrogens is 300 g/mol. The molecule has 1 unspecified atom stereocenters. The Balaban J connectivity index is 1.86. The van der Waals surface area contributed by atoms with Gasteiger partial charge in [-0.3, -0.25) is 4.90 Å². The summed E-state index contributed by atoms with van der Waals surface area (Å²) in [7, 11) is 5.71. The summed E-state index contributed by atoms with van der Waals surface area (Å²) >= 11 is 0. The summed E-state index contributed by atoms with van der Waals surface area (Å²) < 4.78 is 11.0. The van der Waals surface area contributed by atoms with Gasteiger partial charge in [0.1, 0.15) is 0 Å². The molecule has 3 rings (SSSR count). The fraction of sp³-hybridized carbons (Fsp3) is 0.700. The molecule has 1 fully saturated rings. The molecule has 0 N–H and O–H groups in total. The molecule has 0 bridgehead atoms. The van der Waals surface area contributed by atoms with Crippen LogP contribution < -0.4 is 9.47 Å². The summed E-state index contributed by atoms with van der Waals surface area (Å²) in [5, 5.41) is 0. The van der Waals surface area contributed by atoms with Gasteiger partial charge in [-0.25, -0.2) is 0 Å². The predicted octanol–water partition coefficient (Wildman–Crippen LogP) is 3.35. The Morgan fingerprint density at radius 1 is 1.08 bits per heavy atom. The first-order chi connectivity index (χ1) is 11.3. The third-order valence-corrected chi connectivity index (χ3v) is 5.49. The van der Waals surface area contributed by atoms with Gasteiger partial charge in [0.25, 0.3) is 0 Å². The van der Waals surface area contributed by atoms with Gasteiger partial charge in [-0.2, -0.15) is 0 Å². The van der Waals surface area contributed by atoms with Crippen molar-refractivity contribution in [2.45, 2.75) is 45.7 Å². The highest BCUT2D eigenvalue weighted by molar-refractivity contribution is 5.49. The van der Waals surface area contributed by atoms with E-state index in [9.17, 15) is 0 Å². The predicted molar refractivity (Wildman–Crippen MR) is 98.1 cm³/mol. The Bertz CT molecular complexity index is 594. The second-order valence-electron chi connectivity index (χ2n) is 8.52. The second kappa shape index (κ2) is 6.57. The maximum Gasteiger partial charge on any atom is 0.161 e. The third-order valence-electron chi connectivity index (χ3n) is 5.49. The highest BCUT2D eigenvalue weighted by atomic mass is 16.5. The molecule has 2 aliphatic rings. The smallest absolute Gasteiger partial charge is 0.161 e. The number of hydrogen-bond acceptors (Lipinski definition) is 4. The van der Waals surface area contributed by atoms with Crippen molar-refractivity contribution in [2.24, 2.45) is 5.41 Å². The number of piperazine rings is 1. The molecule has 1 aromatic carbocycles. The number of hydrogen-bond donors (Lipinski definition) is 0. The molecular formula is C20H32N2O2. The van der Waals surface area contributed by atoms with E-state index in [0.717, 1.165) is 37.6 Å². The van der Waals surface area contributed by atoms with E-state index in [1.54, 1.807) is 14.2 Å². The number of likely N-dealkylation sites (N-methyl/N-ethyl adjacent to an activating group) is 1. The lowest BCUT2D eigenvalue weighted by Gasteiger charge is -2.49. The molecule has 0 saturated carbocycles. The lowest BCUT2D eigenvalue weighted by molar-refractivity contribution is 0.0213. The highest BCUT2D eigenvalue weighted by Gasteiger charge is 2.37. The minimum atomic E-state index is 0.371. The van der Waals surface area contributed by atoms with Gasteiger partial charge < -0.3 is 14.4 Å². The Morgan fingerprint density at radius 2 is 1.75 bits per heavy atom. The van der Waals surface area contributed by atoms with Crippen molar-refractivity contribution in [3.05, 3.63) is 23.3 Å². The second-order valence-corrected chi connectivity index (χ2v) is 8.52. The molecule has 0 aromatic heterocycles. The minimum Gasteiger partial charge on any atom is -0.493 e. The maximum atomic E-state index is 5.54. The fourth-order valence-corrected chi connectivity index (χ4v) is 4.27. The van der Waals surface area contributed by atoms with Gasteiger partial charge >= 0.3 is 0 Å². The van der Waals surface area contributed by atoms with Crippen LogP contribution in [-0.4, -0.2) is 56.7 Å². The molecule has 0 spiro atoms. The molecule has 1 saturated heterocycles. The first-order valence-electron chi connectivity index (χ1n) is 9.01. The summed E-state index contributed by atoms with van der Waals surface area (Å²) in [6.07, 6.45) is 2.34. The summed E-state index contributed by atoms with van der Waals surface area (Å²) in [5.74, 6) is 1.69. The van der Waals surface area contributed by atoms with E-state index in [1.807, 2.05) is 0 Å². The molecule has 0 aliphatic carbocycles. The first-order valence-corrected chi connectivity index (χ1v) is 9.01. The SMILES string of the molecule is COc1cc2c(cc1OC)C1CN(C)[C@H](CC(C)(C)C)CN1CC2. The zero-order chi connectivity index (χ0) is 17.5. The van der Waals surface area contributed by atoms with Crippen LogP contribution >= 0.6 is 0 Å². The van der Waals surface area contributed by atoms with Crippen molar-refractivity contribution in [2.75, 3.05) is 40.9 Å². The standard InChI is InChI=1S/C20H32N2O2/c1-20(2,3)11-15-12-22-8-7-14-9-18(23-5)19(24-6)10-16(14)17(22)13-21(15)4/h9-10,15,17H,7-8,11-13H2,1-6H3/t15-,17?/m1/s1. The lowest BCUT2D eigenvalue weighted by atomic mass is 9.84. The minimum absolute atomic E-state index is 0.371. The summed E-state index contributed by atoms with van der Waals surface area (Å²) in [6, 6.07) is 5.48. The van der Waals surface area contributed by atoms with Crippen LogP contribution in [0.4, 0.5) is 0 Å². The number of methoxy groups -OCH3 is 2. The van der Waals surface area contributed by atoms with E-state index in [0.29, 0.717) is 17.5 Å². The molecule has 1 aromatic rings. The Labute approximate surface area is 146 Å². The molecule has 0 radical (unpaired) electrons. The highest BCUT2D eigenvalue weighted by Crippen LogP contribution is 2.40. The average molecular weight is 332 g/mol. The van der Waals surface area contributed by atoms with Gasteiger partial charge in [0.05, 0.1) is 14.2 Å². The van der Waals surface area contributed by atoms with Crippen molar-refractivity contribution in [1.29, 1.82) is 0 Å². The van der Waals surface area contributed by atoms with Gasteiger partial charge in [0.2, 0.25) is 0 Å². The summed E-state index contributed by atoms with van der Waals surface area (Å²) in [6.45, 7) is 10.4. The topological polar surface area (TPSA) is 24.9 Å². The normalized spacial score (nSPS) is 25.1. The van der Waals surface area contributed by atoms with E-state index < -0.39 is 0 Å². The zero-order valence-electron chi connectivity index (χ0n) is 16.1. The molecule has 2 atom stereocenters. The van der Waals surface area contributed by atoms with Gasteiger partial charge in [-0.05, 0) is 48.6 Å². The molecule has 2 heterocycles. The molecule has 4 nitrogen and oxygen atoms in total.